The highest BCUT2D eigenvalue weighted by atomic mass is 32.2. The second kappa shape index (κ2) is 8.78. The number of sulfonamides is 1. The molecule has 1 fully saturated rings. The molecule has 7 heteroatoms. The fraction of sp³-hybridized carbons (Fsp3) is 0.611. The first-order valence-electron chi connectivity index (χ1n) is 8.79. The van der Waals surface area contributed by atoms with E-state index in [1.807, 2.05) is 19.9 Å². The van der Waals surface area contributed by atoms with Gasteiger partial charge in [0.15, 0.2) is 0 Å². The smallest absolute Gasteiger partial charge is 0.240 e. The standard InChI is InChI=1S/C18H28N2O4S/c1-4-20(13-16-6-5-11-24-16)18(21)9-10-19-25(22,23)17-12-14(2)7-8-15(17)3/h7-8,12,16,19H,4-6,9-11,13H2,1-3H3. The number of nitrogens with zero attached hydrogens (tertiary/aromatic N) is 1. The second-order valence-electron chi connectivity index (χ2n) is 6.48. The Balaban J connectivity index is 1.89. The molecule has 1 saturated heterocycles. The minimum absolute atomic E-state index is 0.0540. The zero-order valence-corrected chi connectivity index (χ0v) is 16.1. The molecule has 0 aromatic heterocycles. The summed E-state index contributed by atoms with van der Waals surface area (Å²) in [5.74, 6) is -0.0540. The summed E-state index contributed by atoms with van der Waals surface area (Å²) in [5.41, 5.74) is 1.58. The van der Waals surface area contributed by atoms with E-state index in [0.29, 0.717) is 18.7 Å². The molecule has 1 N–H and O–H groups in total. The van der Waals surface area contributed by atoms with E-state index >= 15 is 0 Å². The topological polar surface area (TPSA) is 75.7 Å². The van der Waals surface area contributed by atoms with Gasteiger partial charge in [-0.05, 0) is 50.8 Å². The van der Waals surface area contributed by atoms with Crippen molar-refractivity contribution in [3.05, 3.63) is 29.3 Å². The zero-order valence-electron chi connectivity index (χ0n) is 15.2. The van der Waals surface area contributed by atoms with Crippen molar-refractivity contribution in [2.75, 3.05) is 26.2 Å². The van der Waals surface area contributed by atoms with Crippen LogP contribution in [0, 0.1) is 13.8 Å². The number of likely N-dealkylation sites (N-methyl/N-ethyl adjacent to an activating group) is 1. The summed E-state index contributed by atoms with van der Waals surface area (Å²) in [6, 6.07) is 5.31. The first-order chi connectivity index (χ1) is 11.8. The molecular formula is C18H28N2O4S. The Labute approximate surface area is 150 Å². The summed E-state index contributed by atoms with van der Waals surface area (Å²) >= 11 is 0. The Morgan fingerprint density at radius 2 is 2.12 bits per heavy atom. The average Bonchev–Trinajstić information content (AvgIpc) is 3.07. The molecule has 1 heterocycles. The lowest BCUT2D eigenvalue weighted by atomic mass is 10.2. The third-order valence-corrected chi connectivity index (χ3v) is 6.05. The lowest BCUT2D eigenvalue weighted by molar-refractivity contribution is -0.132. The van der Waals surface area contributed by atoms with Crippen LogP contribution in [0.3, 0.4) is 0 Å². The molecular weight excluding hydrogens is 340 g/mol. The van der Waals surface area contributed by atoms with Crippen LogP contribution in [-0.4, -0.2) is 51.6 Å². The lowest BCUT2D eigenvalue weighted by Gasteiger charge is -2.24. The summed E-state index contributed by atoms with van der Waals surface area (Å²) in [4.78, 5) is 14.3. The van der Waals surface area contributed by atoms with Crippen LogP contribution in [0.25, 0.3) is 0 Å². The first kappa shape index (κ1) is 19.9. The van der Waals surface area contributed by atoms with Gasteiger partial charge in [0.1, 0.15) is 0 Å². The molecule has 0 radical (unpaired) electrons. The van der Waals surface area contributed by atoms with Gasteiger partial charge in [-0.15, -0.1) is 0 Å². The van der Waals surface area contributed by atoms with E-state index in [4.69, 9.17) is 4.74 Å². The Morgan fingerprint density at radius 3 is 2.76 bits per heavy atom. The molecule has 0 saturated carbocycles. The minimum Gasteiger partial charge on any atom is -0.376 e. The molecule has 140 valence electrons. The van der Waals surface area contributed by atoms with E-state index in [1.54, 1.807) is 24.0 Å². The SMILES string of the molecule is CCN(CC1CCCO1)C(=O)CCNS(=O)(=O)c1cc(C)ccc1C. The van der Waals surface area contributed by atoms with E-state index in [9.17, 15) is 13.2 Å². The van der Waals surface area contributed by atoms with E-state index in [1.165, 1.54) is 0 Å². The molecule has 0 spiro atoms. The van der Waals surface area contributed by atoms with Gasteiger partial charge in [-0.1, -0.05) is 12.1 Å². The molecule has 6 nitrogen and oxygen atoms in total. The van der Waals surface area contributed by atoms with Crippen molar-refractivity contribution < 1.29 is 17.9 Å². The molecule has 1 unspecified atom stereocenters. The molecule has 2 rings (SSSR count). The van der Waals surface area contributed by atoms with Gasteiger partial charge in [0.25, 0.3) is 0 Å². The van der Waals surface area contributed by atoms with Gasteiger partial charge >= 0.3 is 0 Å². The largest absolute Gasteiger partial charge is 0.376 e. The van der Waals surface area contributed by atoms with E-state index < -0.39 is 10.0 Å². The van der Waals surface area contributed by atoms with Gasteiger partial charge in [0.05, 0.1) is 11.0 Å². The molecule has 0 bridgehead atoms. The van der Waals surface area contributed by atoms with Crippen LogP contribution < -0.4 is 4.72 Å². The maximum atomic E-state index is 12.4. The molecule has 1 atom stereocenters. The number of carbonyl (C=O) groups excluding carboxylic acids is 1. The highest BCUT2D eigenvalue weighted by Crippen LogP contribution is 2.17. The number of hydrogen-bond acceptors (Lipinski definition) is 4. The number of amides is 1. The summed E-state index contributed by atoms with van der Waals surface area (Å²) in [5, 5.41) is 0. The van der Waals surface area contributed by atoms with E-state index in [2.05, 4.69) is 4.72 Å². The van der Waals surface area contributed by atoms with Gasteiger partial charge in [0.2, 0.25) is 15.9 Å². The first-order valence-corrected chi connectivity index (χ1v) is 10.3. The number of carbonyl (C=O) groups is 1. The lowest BCUT2D eigenvalue weighted by Crippen LogP contribution is -2.39. The van der Waals surface area contributed by atoms with Crippen LogP contribution in [0.15, 0.2) is 23.1 Å². The predicted molar refractivity (Wildman–Crippen MR) is 96.9 cm³/mol. The van der Waals surface area contributed by atoms with Crippen molar-refractivity contribution in [1.82, 2.24) is 9.62 Å². The van der Waals surface area contributed by atoms with E-state index in [-0.39, 0.29) is 29.9 Å². The van der Waals surface area contributed by atoms with Crippen molar-refractivity contribution in [1.29, 1.82) is 0 Å². The Hall–Kier alpha value is -1.44. The zero-order chi connectivity index (χ0) is 18.4. The summed E-state index contributed by atoms with van der Waals surface area (Å²) in [6.45, 7) is 7.57. The fourth-order valence-electron chi connectivity index (χ4n) is 2.97. The third-order valence-electron chi connectivity index (χ3n) is 4.45. The van der Waals surface area contributed by atoms with Gasteiger partial charge in [-0.2, -0.15) is 0 Å². The average molecular weight is 368 g/mol. The summed E-state index contributed by atoms with van der Waals surface area (Å²) in [7, 11) is -3.61. The van der Waals surface area contributed by atoms with Crippen LogP contribution in [0.2, 0.25) is 0 Å². The quantitative estimate of drug-likeness (QED) is 0.761. The number of hydrogen-bond donors (Lipinski definition) is 1. The van der Waals surface area contributed by atoms with Gasteiger partial charge in [0, 0.05) is 32.7 Å². The Kier molecular flexibility index (Phi) is 6.98. The maximum Gasteiger partial charge on any atom is 0.240 e. The monoisotopic (exact) mass is 368 g/mol. The van der Waals surface area contributed by atoms with Gasteiger partial charge < -0.3 is 9.64 Å². The van der Waals surface area contributed by atoms with Gasteiger partial charge in [-0.25, -0.2) is 13.1 Å². The van der Waals surface area contributed by atoms with Crippen LogP contribution >= 0.6 is 0 Å². The number of benzene rings is 1. The fourth-order valence-corrected chi connectivity index (χ4v) is 4.33. The van der Waals surface area contributed by atoms with Crippen LogP contribution in [0.4, 0.5) is 0 Å². The molecule has 1 aliphatic rings. The number of ether oxygens (including phenoxy) is 1. The highest BCUT2D eigenvalue weighted by Gasteiger charge is 2.22. The van der Waals surface area contributed by atoms with Crippen LogP contribution in [0.5, 0.6) is 0 Å². The molecule has 1 amide bonds. The van der Waals surface area contributed by atoms with Crippen molar-refractivity contribution in [3.8, 4) is 0 Å². The van der Waals surface area contributed by atoms with Crippen molar-refractivity contribution in [3.63, 3.8) is 0 Å². The number of nitrogens with one attached hydrogen (secondary N) is 1. The Bertz CT molecular complexity index is 697. The van der Waals surface area contributed by atoms with Crippen LogP contribution in [0.1, 0.15) is 37.3 Å². The second-order valence-corrected chi connectivity index (χ2v) is 8.22. The predicted octanol–water partition coefficient (Wildman–Crippen LogP) is 2.00. The van der Waals surface area contributed by atoms with Crippen molar-refractivity contribution >= 4 is 15.9 Å². The molecule has 1 aromatic carbocycles. The van der Waals surface area contributed by atoms with Gasteiger partial charge in [-0.3, -0.25) is 4.79 Å². The molecule has 0 aliphatic carbocycles. The van der Waals surface area contributed by atoms with E-state index in [0.717, 1.165) is 25.0 Å². The number of rotatable bonds is 8. The van der Waals surface area contributed by atoms with Crippen molar-refractivity contribution in [2.24, 2.45) is 0 Å². The molecule has 1 aliphatic heterocycles. The van der Waals surface area contributed by atoms with Crippen molar-refractivity contribution in [2.45, 2.75) is 51.0 Å². The normalized spacial score (nSPS) is 17.6. The molecule has 1 aromatic rings. The minimum atomic E-state index is -3.61. The maximum absolute atomic E-state index is 12.4. The summed E-state index contributed by atoms with van der Waals surface area (Å²) < 4.78 is 33.0. The Morgan fingerprint density at radius 1 is 1.36 bits per heavy atom. The summed E-state index contributed by atoms with van der Waals surface area (Å²) in [6.07, 6.45) is 2.26. The molecule has 25 heavy (non-hydrogen) atoms. The number of aryl methyl sites for hydroxylation is 2. The highest BCUT2D eigenvalue weighted by molar-refractivity contribution is 7.89. The van der Waals surface area contributed by atoms with Crippen LogP contribution in [-0.2, 0) is 19.6 Å². The third kappa shape index (κ3) is 5.52.